The molecule has 0 N–H and O–H groups in total. The van der Waals surface area contributed by atoms with Gasteiger partial charge in [0.15, 0.2) is 0 Å². The second-order valence-corrected chi connectivity index (χ2v) is 5.96. The maximum absolute atomic E-state index is 12.6. The van der Waals surface area contributed by atoms with E-state index in [9.17, 15) is 14.4 Å². The van der Waals surface area contributed by atoms with Gasteiger partial charge in [0.05, 0.1) is 19.3 Å². The third kappa shape index (κ3) is 2.78. The van der Waals surface area contributed by atoms with Crippen molar-refractivity contribution in [2.24, 2.45) is 0 Å². The molecule has 1 heterocycles. The van der Waals surface area contributed by atoms with Crippen LogP contribution in [0.2, 0.25) is 0 Å². The molecule has 3 rings (SSSR count). The van der Waals surface area contributed by atoms with E-state index in [0.717, 1.165) is 19.8 Å². The van der Waals surface area contributed by atoms with Gasteiger partial charge in [0, 0.05) is 4.47 Å². The number of halogens is 1. The third-order valence-electron chi connectivity index (χ3n) is 3.67. The highest BCUT2D eigenvalue weighted by atomic mass is 79.9. The predicted molar refractivity (Wildman–Crippen MR) is 90.6 cm³/mol. The molecule has 0 unspecified atom stereocenters. The van der Waals surface area contributed by atoms with Gasteiger partial charge < -0.3 is 4.74 Å². The highest BCUT2D eigenvalue weighted by molar-refractivity contribution is 9.10. The summed E-state index contributed by atoms with van der Waals surface area (Å²) < 4.78 is 5.81. The maximum Gasteiger partial charge on any atom is 0.339 e. The van der Waals surface area contributed by atoms with Gasteiger partial charge in [-0.2, -0.15) is 0 Å². The van der Waals surface area contributed by atoms with E-state index >= 15 is 0 Å². The summed E-state index contributed by atoms with van der Waals surface area (Å²) in [5.41, 5.74) is 1.07. The highest BCUT2D eigenvalue weighted by Crippen LogP contribution is 2.27. The van der Waals surface area contributed by atoms with Crippen molar-refractivity contribution >= 4 is 39.5 Å². The van der Waals surface area contributed by atoms with Crippen LogP contribution in [-0.4, -0.2) is 29.9 Å². The zero-order valence-electron chi connectivity index (χ0n) is 12.7. The van der Waals surface area contributed by atoms with Crippen LogP contribution >= 0.6 is 15.9 Å². The molecule has 0 radical (unpaired) electrons. The van der Waals surface area contributed by atoms with E-state index in [1.54, 1.807) is 36.4 Å². The Morgan fingerprint density at radius 1 is 0.958 bits per heavy atom. The van der Waals surface area contributed by atoms with Gasteiger partial charge in [-0.3, -0.25) is 14.5 Å². The summed E-state index contributed by atoms with van der Waals surface area (Å²) in [4.78, 5) is 38.8. The van der Waals surface area contributed by atoms with Crippen LogP contribution in [0.3, 0.4) is 0 Å². The number of ether oxygens (including phenoxy) is 1. The third-order valence-corrected chi connectivity index (χ3v) is 4.44. The fourth-order valence-corrected chi connectivity index (χ4v) is 2.81. The summed E-state index contributed by atoms with van der Waals surface area (Å²) in [7, 11) is 1.52. The topological polar surface area (TPSA) is 66.9 Å². The molecular formula is C17H13BrN2O4. The standard InChI is InChI=1S/C17H13BrN2O4/c1-24-13-8-6-12(7-9-13)20-16(22)15(21)19(17(20)23)10-11-4-2-3-5-14(11)18/h2-9H,10H2,1H3. The molecule has 24 heavy (non-hydrogen) atoms. The maximum atomic E-state index is 12.6. The lowest BCUT2D eigenvalue weighted by Gasteiger charge is -2.16. The number of hydrogen-bond acceptors (Lipinski definition) is 4. The van der Waals surface area contributed by atoms with Crippen LogP contribution < -0.4 is 9.64 Å². The van der Waals surface area contributed by atoms with Crippen LogP contribution in [0.15, 0.2) is 53.0 Å². The molecule has 0 spiro atoms. The van der Waals surface area contributed by atoms with Crippen LogP contribution in [0.4, 0.5) is 10.5 Å². The van der Waals surface area contributed by atoms with E-state index in [4.69, 9.17) is 4.74 Å². The molecule has 1 aliphatic heterocycles. The minimum atomic E-state index is -0.864. The molecule has 7 heteroatoms. The van der Waals surface area contributed by atoms with Crippen molar-refractivity contribution in [3.8, 4) is 5.75 Å². The van der Waals surface area contributed by atoms with E-state index in [1.807, 2.05) is 12.1 Å². The number of rotatable bonds is 4. The first-order chi connectivity index (χ1) is 11.5. The molecule has 0 saturated carbocycles. The summed E-state index contributed by atoms with van der Waals surface area (Å²) in [6.07, 6.45) is 0. The van der Waals surface area contributed by atoms with E-state index < -0.39 is 17.8 Å². The van der Waals surface area contributed by atoms with Crippen molar-refractivity contribution in [2.75, 3.05) is 12.0 Å². The van der Waals surface area contributed by atoms with Gasteiger partial charge in [0.25, 0.3) is 0 Å². The van der Waals surface area contributed by atoms with Crippen molar-refractivity contribution in [1.82, 2.24) is 4.90 Å². The Morgan fingerprint density at radius 2 is 1.62 bits per heavy atom. The van der Waals surface area contributed by atoms with E-state index in [-0.39, 0.29) is 6.54 Å². The molecule has 1 aliphatic rings. The quantitative estimate of drug-likeness (QED) is 0.596. The molecule has 2 aromatic carbocycles. The molecule has 4 amide bonds. The fourth-order valence-electron chi connectivity index (χ4n) is 2.40. The number of methoxy groups -OCH3 is 1. The first-order valence-corrected chi connectivity index (χ1v) is 7.89. The molecular weight excluding hydrogens is 376 g/mol. The van der Waals surface area contributed by atoms with Gasteiger partial charge in [-0.1, -0.05) is 34.1 Å². The molecule has 0 bridgehead atoms. The van der Waals surface area contributed by atoms with Crippen molar-refractivity contribution in [2.45, 2.75) is 6.54 Å². The van der Waals surface area contributed by atoms with Gasteiger partial charge in [-0.15, -0.1) is 0 Å². The van der Waals surface area contributed by atoms with Gasteiger partial charge in [0.2, 0.25) is 0 Å². The average molecular weight is 389 g/mol. The van der Waals surface area contributed by atoms with E-state index in [2.05, 4.69) is 15.9 Å². The minimum Gasteiger partial charge on any atom is -0.497 e. The zero-order valence-corrected chi connectivity index (χ0v) is 14.3. The molecule has 122 valence electrons. The molecule has 0 aromatic heterocycles. The number of anilines is 1. The van der Waals surface area contributed by atoms with Gasteiger partial charge in [-0.05, 0) is 35.9 Å². The second kappa shape index (κ2) is 6.45. The number of imide groups is 2. The molecule has 1 fully saturated rings. The number of nitrogens with zero attached hydrogens (tertiary/aromatic N) is 2. The van der Waals surface area contributed by atoms with Crippen LogP contribution in [0.5, 0.6) is 5.75 Å². The zero-order chi connectivity index (χ0) is 17.3. The molecule has 2 aromatic rings. The van der Waals surface area contributed by atoms with Gasteiger partial charge in [0.1, 0.15) is 5.75 Å². The Bertz CT molecular complexity index is 820. The Hall–Kier alpha value is -2.67. The lowest BCUT2D eigenvalue weighted by atomic mass is 10.2. The van der Waals surface area contributed by atoms with Crippen molar-refractivity contribution in [3.63, 3.8) is 0 Å². The highest BCUT2D eigenvalue weighted by Gasteiger charge is 2.45. The predicted octanol–water partition coefficient (Wildman–Crippen LogP) is 2.95. The first-order valence-electron chi connectivity index (χ1n) is 7.10. The van der Waals surface area contributed by atoms with Gasteiger partial charge >= 0.3 is 17.8 Å². The number of hydrogen-bond donors (Lipinski definition) is 0. The van der Waals surface area contributed by atoms with Crippen molar-refractivity contribution in [3.05, 3.63) is 58.6 Å². The Morgan fingerprint density at radius 3 is 2.25 bits per heavy atom. The molecule has 0 aliphatic carbocycles. The van der Waals surface area contributed by atoms with Crippen LogP contribution in [0, 0.1) is 0 Å². The number of benzene rings is 2. The van der Waals surface area contributed by atoms with E-state index in [1.165, 1.54) is 7.11 Å². The van der Waals surface area contributed by atoms with Crippen molar-refractivity contribution < 1.29 is 19.1 Å². The lowest BCUT2D eigenvalue weighted by Crippen LogP contribution is -2.33. The monoisotopic (exact) mass is 388 g/mol. The number of carbonyl (C=O) groups excluding carboxylic acids is 3. The van der Waals surface area contributed by atoms with E-state index in [0.29, 0.717) is 11.4 Å². The van der Waals surface area contributed by atoms with Crippen molar-refractivity contribution in [1.29, 1.82) is 0 Å². The summed E-state index contributed by atoms with van der Waals surface area (Å²) in [5, 5.41) is 0. The Labute approximate surface area is 146 Å². The second-order valence-electron chi connectivity index (χ2n) is 5.10. The first kappa shape index (κ1) is 16.2. The summed E-state index contributed by atoms with van der Waals surface area (Å²) in [6.45, 7) is 0.0253. The smallest absolute Gasteiger partial charge is 0.339 e. The number of amides is 4. The largest absolute Gasteiger partial charge is 0.497 e. The van der Waals surface area contributed by atoms with Crippen LogP contribution in [0.1, 0.15) is 5.56 Å². The summed E-state index contributed by atoms with van der Waals surface area (Å²) in [6, 6.07) is 12.9. The number of urea groups is 1. The number of carbonyl (C=O) groups is 3. The summed E-state index contributed by atoms with van der Waals surface area (Å²) >= 11 is 3.37. The Kier molecular flexibility index (Phi) is 4.35. The average Bonchev–Trinajstić information content (AvgIpc) is 2.80. The van der Waals surface area contributed by atoms with Crippen LogP contribution in [-0.2, 0) is 16.1 Å². The molecule has 0 atom stereocenters. The lowest BCUT2D eigenvalue weighted by molar-refractivity contribution is -0.139. The normalized spacial score (nSPS) is 14.5. The molecule has 6 nitrogen and oxygen atoms in total. The van der Waals surface area contributed by atoms with Gasteiger partial charge in [-0.25, -0.2) is 9.69 Å². The van der Waals surface area contributed by atoms with Crippen LogP contribution in [0.25, 0.3) is 0 Å². The fraction of sp³-hybridized carbons (Fsp3) is 0.118. The minimum absolute atomic E-state index is 0.0253. The Balaban J connectivity index is 1.88. The molecule has 1 saturated heterocycles. The SMILES string of the molecule is COc1ccc(N2C(=O)C(=O)N(Cc3ccccc3Br)C2=O)cc1. The summed E-state index contributed by atoms with van der Waals surface area (Å²) in [5.74, 6) is -1.11.